The molecule has 0 bridgehead atoms. The van der Waals surface area contributed by atoms with E-state index in [-0.39, 0.29) is 19.0 Å². The Morgan fingerprint density at radius 2 is 2.00 bits per heavy atom. The third kappa shape index (κ3) is 5.09. The number of ether oxygens (including phenoxy) is 1. The number of hydrogen-bond donors (Lipinski definition) is 2. The van der Waals surface area contributed by atoms with Crippen LogP contribution in [0.3, 0.4) is 0 Å². The molecule has 0 fully saturated rings. The predicted molar refractivity (Wildman–Crippen MR) is 85.4 cm³/mol. The highest BCUT2D eigenvalue weighted by atomic mass is 35.5. The topological polar surface area (TPSA) is 50.4 Å². The van der Waals surface area contributed by atoms with E-state index < -0.39 is 6.03 Å². The maximum atomic E-state index is 12.9. The molecule has 22 heavy (non-hydrogen) atoms. The fourth-order valence-electron chi connectivity index (χ4n) is 1.65. The lowest BCUT2D eigenvalue weighted by Crippen LogP contribution is -2.32. The van der Waals surface area contributed by atoms with Gasteiger partial charge in [-0.15, -0.1) is 0 Å². The Hall–Kier alpha value is -1.98. The van der Waals surface area contributed by atoms with Gasteiger partial charge in [0.2, 0.25) is 0 Å². The van der Waals surface area contributed by atoms with Gasteiger partial charge in [0.05, 0.1) is 17.3 Å². The number of nitrogens with one attached hydrogen (secondary N) is 2. The van der Waals surface area contributed by atoms with Crippen LogP contribution in [0.2, 0.25) is 10.0 Å². The molecular formula is C15H13Cl2FN2O2. The number of urea groups is 1. The number of hydrogen-bond acceptors (Lipinski definition) is 2. The number of benzene rings is 2. The summed E-state index contributed by atoms with van der Waals surface area (Å²) in [4.78, 5) is 11.7. The molecule has 0 saturated heterocycles. The van der Waals surface area contributed by atoms with Crippen LogP contribution in [0.4, 0.5) is 14.9 Å². The highest BCUT2D eigenvalue weighted by Crippen LogP contribution is 2.25. The molecule has 0 heterocycles. The van der Waals surface area contributed by atoms with Crippen LogP contribution in [0.1, 0.15) is 0 Å². The molecule has 0 aliphatic carbocycles. The first kappa shape index (κ1) is 16.4. The molecule has 0 aliphatic heterocycles. The molecule has 0 atom stereocenters. The van der Waals surface area contributed by atoms with E-state index in [4.69, 9.17) is 27.9 Å². The van der Waals surface area contributed by atoms with Crippen LogP contribution in [-0.2, 0) is 0 Å². The van der Waals surface area contributed by atoms with Crippen molar-refractivity contribution in [2.75, 3.05) is 18.5 Å². The number of amides is 2. The Labute approximate surface area is 137 Å². The highest BCUT2D eigenvalue weighted by Gasteiger charge is 2.06. The van der Waals surface area contributed by atoms with Crippen molar-refractivity contribution < 1.29 is 13.9 Å². The molecule has 0 unspecified atom stereocenters. The number of anilines is 1. The summed E-state index contributed by atoms with van der Waals surface area (Å²) in [6.07, 6.45) is 0. The Morgan fingerprint density at radius 1 is 1.18 bits per heavy atom. The standard InChI is InChI=1S/C15H13Cl2FN2O2/c16-10-4-5-13(17)14(8-10)20-15(21)19-6-7-22-12-3-1-2-11(18)9-12/h1-5,8-9H,6-7H2,(H2,19,20,21). The average molecular weight is 343 g/mol. The van der Waals surface area contributed by atoms with Gasteiger partial charge in [-0.3, -0.25) is 0 Å². The van der Waals surface area contributed by atoms with Gasteiger partial charge in [-0.2, -0.15) is 0 Å². The third-order valence-electron chi connectivity index (χ3n) is 2.63. The van der Waals surface area contributed by atoms with Crippen molar-refractivity contribution in [1.29, 1.82) is 0 Å². The molecule has 0 aromatic heterocycles. The Bertz CT molecular complexity index is 668. The van der Waals surface area contributed by atoms with Gasteiger partial charge in [-0.05, 0) is 30.3 Å². The van der Waals surface area contributed by atoms with Gasteiger partial charge < -0.3 is 15.4 Å². The summed E-state index contributed by atoms with van der Waals surface area (Å²) in [6.45, 7) is 0.459. The minimum absolute atomic E-state index is 0.208. The minimum atomic E-state index is -0.438. The SMILES string of the molecule is O=C(NCCOc1cccc(F)c1)Nc1cc(Cl)ccc1Cl. The second-order valence-corrected chi connectivity index (χ2v) is 5.15. The van der Waals surface area contributed by atoms with E-state index in [1.807, 2.05) is 0 Å². The fourth-order valence-corrected chi connectivity index (χ4v) is 1.99. The first-order chi connectivity index (χ1) is 10.5. The molecule has 2 aromatic carbocycles. The zero-order chi connectivity index (χ0) is 15.9. The number of halogens is 3. The maximum absolute atomic E-state index is 12.9. The van der Waals surface area contributed by atoms with Crippen molar-refractivity contribution in [2.24, 2.45) is 0 Å². The van der Waals surface area contributed by atoms with E-state index in [1.54, 1.807) is 30.3 Å². The molecule has 0 radical (unpaired) electrons. The average Bonchev–Trinajstić information content (AvgIpc) is 2.48. The second-order valence-electron chi connectivity index (χ2n) is 4.31. The Morgan fingerprint density at radius 3 is 2.77 bits per heavy atom. The number of carbonyl (C=O) groups excluding carboxylic acids is 1. The van der Waals surface area contributed by atoms with Crippen LogP contribution < -0.4 is 15.4 Å². The van der Waals surface area contributed by atoms with Gasteiger partial charge in [0.1, 0.15) is 18.2 Å². The summed E-state index contributed by atoms with van der Waals surface area (Å²) in [5.74, 6) is 0.0268. The van der Waals surface area contributed by atoms with Crippen molar-refractivity contribution >= 4 is 34.9 Å². The molecule has 0 spiro atoms. The first-order valence-corrected chi connectivity index (χ1v) is 7.18. The molecule has 0 aliphatic rings. The number of rotatable bonds is 5. The van der Waals surface area contributed by atoms with Crippen molar-refractivity contribution in [3.05, 3.63) is 58.3 Å². The molecule has 2 amide bonds. The summed E-state index contributed by atoms with van der Waals surface area (Å²) >= 11 is 11.8. The third-order valence-corrected chi connectivity index (χ3v) is 3.19. The first-order valence-electron chi connectivity index (χ1n) is 6.43. The van der Waals surface area contributed by atoms with Gasteiger partial charge in [0.25, 0.3) is 0 Å². The van der Waals surface area contributed by atoms with E-state index in [0.29, 0.717) is 21.5 Å². The molecule has 2 rings (SSSR count). The lowest BCUT2D eigenvalue weighted by molar-refractivity contribution is 0.247. The van der Waals surface area contributed by atoms with Crippen molar-refractivity contribution in [3.63, 3.8) is 0 Å². The zero-order valence-corrected chi connectivity index (χ0v) is 12.9. The van der Waals surface area contributed by atoms with Gasteiger partial charge in [0, 0.05) is 11.1 Å². The maximum Gasteiger partial charge on any atom is 0.319 e. The van der Waals surface area contributed by atoms with E-state index in [1.165, 1.54) is 12.1 Å². The summed E-state index contributed by atoms with van der Waals surface area (Å²) in [6, 6.07) is 10.1. The monoisotopic (exact) mass is 342 g/mol. The van der Waals surface area contributed by atoms with Crippen LogP contribution in [0, 0.1) is 5.82 Å². The van der Waals surface area contributed by atoms with Gasteiger partial charge in [0.15, 0.2) is 0 Å². The lowest BCUT2D eigenvalue weighted by Gasteiger charge is -2.10. The summed E-state index contributed by atoms with van der Waals surface area (Å²) in [5.41, 5.74) is 0.415. The van der Waals surface area contributed by atoms with Gasteiger partial charge in [-0.25, -0.2) is 9.18 Å². The molecule has 116 valence electrons. The van der Waals surface area contributed by atoms with Crippen LogP contribution in [0.15, 0.2) is 42.5 Å². The van der Waals surface area contributed by atoms with Crippen molar-refractivity contribution in [1.82, 2.24) is 5.32 Å². The Balaban J connectivity index is 1.75. The molecule has 2 aromatic rings. The van der Waals surface area contributed by atoms with Crippen LogP contribution in [-0.4, -0.2) is 19.2 Å². The zero-order valence-electron chi connectivity index (χ0n) is 11.4. The van der Waals surface area contributed by atoms with E-state index in [9.17, 15) is 9.18 Å². The van der Waals surface area contributed by atoms with E-state index in [2.05, 4.69) is 10.6 Å². The van der Waals surface area contributed by atoms with Crippen LogP contribution in [0.5, 0.6) is 5.75 Å². The predicted octanol–water partition coefficient (Wildman–Crippen LogP) is 4.33. The normalized spacial score (nSPS) is 10.1. The van der Waals surface area contributed by atoms with Gasteiger partial charge >= 0.3 is 6.03 Å². The quantitative estimate of drug-likeness (QED) is 0.794. The smallest absolute Gasteiger partial charge is 0.319 e. The largest absolute Gasteiger partial charge is 0.492 e. The van der Waals surface area contributed by atoms with Gasteiger partial charge in [-0.1, -0.05) is 29.3 Å². The van der Waals surface area contributed by atoms with E-state index >= 15 is 0 Å². The lowest BCUT2D eigenvalue weighted by atomic mass is 10.3. The summed E-state index contributed by atoms with van der Waals surface area (Å²) < 4.78 is 18.2. The molecule has 0 saturated carbocycles. The van der Waals surface area contributed by atoms with Crippen LogP contribution >= 0.6 is 23.2 Å². The minimum Gasteiger partial charge on any atom is -0.492 e. The molecule has 4 nitrogen and oxygen atoms in total. The van der Waals surface area contributed by atoms with E-state index in [0.717, 1.165) is 0 Å². The Kier molecular flexibility index (Phi) is 5.86. The number of carbonyl (C=O) groups is 1. The molecular weight excluding hydrogens is 330 g/mol. The highest BCUT2D eigenvalue weighted by molar-refractivity contribution is 6.35. The van der Waals surface area contributed by atoms with Crippen molar-refractivity contribution in [2.45, 2.75) is 0 Å². The summed E-state index contributed by atoms with van der Waals surface area (Å²) in [7, 11) is 0. The van der Waals surface area contributed by atoms with Crippen LogP contribution in [0.25, 0.3) is 0 Å². The fraction of sp³-hybridized carbons (Fsp3) is 0.133. The summed E-state index contributed by atoms with van der Waals surface area (Å²) in [5, 5.41) is 6.02. The second kappa shape index (κ2) is 7.87. The molecule has 7 heteroatoms. The molecule has 2 N–H and O–H groups in total. The van der Waals surface area contributed by atoms with Crippen molar-refractivity contribution in [3.8, 4) is 5.75 Å².